The van der Waals surface area contributed by atoms with Crippen molar-refractivity contribution in [2.24, 2.45) is 0 Å². The molecule has 0 saturated heterocycles. The number of benzene rings is 1. The van der Waals surface area contributed by atoms with Gasteiger partial charge in [-0.2, -0.15) is 5.26 Å². The molecule has 0 aliphatic rings. The summed E-state index contributed by atoms with van der Waals surface area (Å²) in [6, 6.07) is 8.96. The Hall–Kier alpha value is -1.61. The van der Waals surface area contributed by atoms with Gasteiger partial charge in [-0.3, -0.25) is 0 Å². The maximum Gasteiger partial charge on any atom is 0.119 e. The third-order valence-electron chi connectivity index (χ3n) is 2.09. The summed E-state index contributed by atoms with van der Waals surface area (Å²) in [5.41, 5.74) is 0.611. The number of nitriles is 1. The van der Waals surface area contributed by atoms with Gasteiger partial charge < -0.3 is 19.3 Å². The lowest BCUT2D eigenvalue weighted by atomic mass is 10.2. The van der Waals surface area contributed by atoms with Crippen LogP contribution < -0.4 is 4.74 Å². The van der Waals surface area contributed by atoms with Crippen molar-refractivity contribution >= 4 is 0 Å². The minimum Gasteiger partial charge on any atom is -0.491 e. The van der Waals surface area contributed by atoms with Crippen LogP contribution in [0.15, 0.2) is 24.3 Å². The lowest BCUT2D eigenvalue weighted by Crippen LogP contribution is -2.11. The maximum absolute atomic E-state index is 8.62. The summed E-state index contributed by atoms with van der Waals surface area (Å²) in [4.78, 5) is 0. The van der Waals surface area contributed by atoms with Crippen molar-refractivity contribution in [3.8, 4) is 11.8 Å². The average Bonchev–Trinajstić information content (AvgIpc) is 2.42. The zero-order valence-electron chi connectivity index (χ0n) is 10.2. The van der Waals surface area contributed by atoms with Crippen molar-refractivity contribution in [2.75, 3.05) is 39.6 Å². The van der Waals surface area contributed by atoms with Crippen molar-refractivity contribution in [1.29, 1.82) is 5.26 Å². The first-order valence-corrected chi connectivity index (χ1v) is 5.76. The van der Waals surface area contributed by atoms with Gasteiger partial charge in [0, 0.05) is 0 Å². The van der Waals surface area contributed by atoms with E-state index in [0.717, 1.165) is 0 Å². The van der Waals surface area contributed by atoms with E-state index in [1.54, 1.807) is 24.3 Å². The van der Waals surface area contributed by atoms with Crippen LogP contribution in [0.5, 0.6) is 5.75 Å². The molecule has 0 fully saturated rings. The fraction of sp³-hybridized carbons (Fsp3) is 0.462. The van der Waals surface area contributed by atoms with Gasteiger partial charge in [-0.1, -0.05) is 0 Å². The zero-order valence-corrected chi connectivity index (χ0v) is 10.2. The third kappa shape index (κ3) is 6.21. The Balaban J connectivity index is 2.02. The second-order valence-corrected chi connectivity index (χ2v) is 3.43. The van der Waals surface area contributed by atoms with Crippen LogP contribution in [0.2, 0.25) is 0 Å². The minimum absolute atomic E-state index is 0.0296. The molecule has 1 N–H and O–H groups in total. The minimum atomic E-state index is 0.0296. The molecule has 0 heterocycles. The van der Waals surface area contributed by atoms with E-state index in [4.69, 9.17) is 24.6 Å². The molecule has 1 aromatic rings. The van der Waals surface area contributed by atoms with Crippen molar-refractivity contribution in [1.82, 2.24) is 0 Å². The molecule has 98 valence electrons. The highest BCUT2D eigenvalue weighted by Gasteiger charge is 1.95. The molecule has 0 amide bonds. The van der Waals surface area contributed by atoms with E-state index < -0.39 is 0 Å². The molecule has 0 radical (unpaired) electrons. The molecule has 5 heteroatoms. The summed E-state index contributed by atoms with van der Waals surface area (Å²) >= 11 is 0. The topological polar surface area (TPSA) is 71.7 Å². The number of ether oxygens (including phenoxy) is 3. The van der Waals surface area contributed by atoms with Crippen molar-refractivity contribution in [3.05, 3.63) is 29.8 Å². The molecular formula is C13H17NO4. The van der Waals surface area contributed by atoms with Crippen LogP contribution in [-0.2, 0) is 9.47 Å². The van der Waals surface area contributed by atoms with Crippen LogP contribution in [0.3, 0.4) is 0 Å². The van der Waals surface area contributed by atoms with Crippen LogP contribution in [-0.4, -0.2) is 44.7 Å². The number of aliphatic hydroxyl groups is 1. The van der Waals surface area contributed by atoms with Crippen molar-refractivity contribution < 1.29 is 19.3 Å². The first-order chi connectivity index (χ1) is 8.86. The highest BCUT2D eigenvalue weighted by molar-refractivity contribution is 5.34. The van der Waals surface area contributed by atoms with Crippen LogP contribution >= 0.6 is 0 Å². The van der Waals surface area contributed by atoms with E-state index in [2.05, 4.69) is 0 Å². The Bertz CT molecular complexity index is 358. The van der Waals surface area contributed by atoms with Crippen LogP contribution in [0, 0.1) is 11.3 Å². The monoisotopic (exact) mass is 251 g/mol. The van der Waals surface area contributed by atoms with E-state index in [1.807, 2.05) is 6.07 Å². The van der Waals surface area contributed by atoms with E-state index in [0.29, 0.717) is 44.3 Å². The Morgan fingerprint density at radius 2 is 1.56 bits per heavy atom. The molecule has 0 spiro atoms. The van der Waals surface area contributed by atoms with Gasteiger partial charge >= 0.3 is 0 Å². The molecule has 0 aromatic heterocycles. The Morgan fingerprint density at radius 3 is 2.17 bits per heavy atom. The predicted molar refractivity (Wildman–Crippen MR) is 65.4 cm³/mol. The standard InChI is InChI=1S/C13H17NO4/c14-11-12-1-3-13(4-2-12)18-10-9-17-8-7-16-6-5-15/h1-4,15H,5-10H2. The van der Waals surface area contributed by atoms with Gasteiger partial charge in [-0.15, -0.1) is 0 Å². The Labute approximate surface area is 107 Å². The van der Waals surface area contributed by atoms with Crippen LogP contribution in [0.1, 0.15) is 5.56 Å². The summed E-state index contributed by atoms with van der Waals surface area (Å²) in [6.07, 6.45) is 0. The summed E-state index contributed by atoms with van der Waals surface area (Å²) in [5.74, 6) is 0.717. The summed E-state index contributed by atoms with van der Waals surface area (Å²) < 4.78 is 15.7. The number of aliphatic hydroxyl groups excluding tert-OH is 1. The van der Waals surface area contributed by atoms with E-state index in [-0.39, 0.29) is 6.61 Å². The molecule has 0 aliphatic carbocycles. The molecule has 5 nitrogen and oxygen atoms in total. The third-order valence-corrected chi connectivity index (χ3v) is 2.09. The number of nitrogens with zero attached hydrogens (tertiary/aromatic N) is 1. The highest BCUT2D eigenvalue weighted by Crippen LogP contribution is 2.11. The van der Waals surface area contributed by atoms with Crippen molar-refractivity contribution in [2.45, 2.75) is 0 Å². The molecule has 0 bridgehead atoms. The molecular weight excluding hydrogens is 234 g/mol. The lowest BCUT2D eigenvalue weighted by Gasteiger charge is -2.07. The van der Waals surface area contributed by atoms with Crippen LogP contribution in [0.25, 0.3) is 0 Å². The number of hydrogen-bond acceptors (Lipinski definition) is 5. The molecule has 0 atom stereocenters. The predicted octanol–water partition coefficient (Wildman–Crippen LogP) is 0.963. The SMILES string of the molecule is N#Cc1ccc(OCCOCCOCCO)cc1. The molecule has 0 saturated carbocycles. The highest BCUT2D eigenvalue weighted by atomic mass is 16.5. The largest absolute Gasteiger partial charge is 0.491 e. The zero-order chi connectivity index (χ0) is 13.1. The Morgan fingerprint density at radius 1 is 0.944 bits per heavy atom. The quantitative estimate of drug-likeness (QED) is 0.662. The molecule has 0 aliphatic heterocycles. The van der Waals surface area contributed by atoms with Gasteiger partial charge in [0.05, 0.1) is 44.7 Å². The van der Waals surface area contributed by atoms with E-state index in [9.17, 15) is 0 Å². The normalized spacial score (nSPS) is 10.0. The maximum atomic E-state index is 8.62. The van der Waals surface area contributed by atoms with E-state index >= 15 is 0 Å². The smallest absolute Gasteiger partial charge is 0.119 e. The summed E-state index contributed by atoms with van der Waals surface area (Å²) in [7, 11) is 0. The van der Waals surface area contributed by atoms with Crippen molar-refractivity contribution in [3.63, 3.8) is 0 Å². The summed E-state index contributed by atoms with van der Waals surface area (Å²) in [6.45, 7) is 2.25. The molecule has 1 rings (SSSR count). The van der Waals surface area contributed by atoms with Gasteiger partial charge in [-0.25, -0.2) is 0 Å². The van der Waals surface area contributed by atoms with Gasteiger partial charge in [-0.05, 0) is 24.3 Å². The van der Waals surface area contributed by atoms with Gasteiger partial charge in [0.2, 0.25) is 0 Å². The molecule has 0 unspecified atom stereocenters. The fourth-order valence-electron chi connectivity index (χ4n) is 1.23. The average molecular weight is 251 g/mol. The second kappa shape index (κ2) is 9.42. The van der Waals surface area contributed by atoms with E-state index in [1.165, 1.54) is 0 Å². The number of hydrogen-bond donors (Lipinski definition) is 1. The van der Waals surface area contributed by atoms with Gasteiger partial charge in [0.15, 0.2) is 0 Å². The fourth-order valence-corrected chi connectivity index (χ4v) is 1.23. The lowest BCUT2D eigenvalue weighted by molar-refractivity contribution is 0.0247. The Kier molecular flexibility index (Phi) is 7.57. The van der Waals surface area contributed by atoms with Gasteiger partial charge in [0.1, 0.15) is 12.4 Å². The first-order valence-electron chi connectivity index (χ1n) is 5.76. The second-order valence-electron chi connectivity index (χ2n) is 3.43. The first kappa shape index (κ1) is 14.5. The van der Waals surface area contributed by atoms with Crippen LogP contribution in [0.4, 0.5) is 0 Å². The molecule has 18 heavy (non-hydrogen) atoms. The van der Waals surface area contributed by atoms with Gasteiger partial charge in [0.25, 0.3) is 0 Å². The molecule has 1 aromatic carbocycles. The summed E-state index contributed by atoms with van der Waals surface area (Å²) in [5, 5.41) is 17.1. The number of rotatable bonds is 9.